The number of fused-ring (bicyclic) bond motifs is 1. The van der Waals surface area contributed by atoms with Crippen molar-refractivity contribution in [2.24, 2.45) is 5.89 Å². The van der Waals surface area contributed by atoms with Crippen LogP contribution in [-0.4, -0.2) is 51.8 Å². The van der Waals surface area contributed by atoms with E-state index in [1.54, 1.807) is 0 Å². The number of nitrogens with one attached hydrogen (secondary N) is 1. The fourth-order valence-corrected chi connectivity index (χ4v) is 2.04. The van der Waals surface area contributed by atoms with Gasteiger partial charge in [0.15, 0.2) is 0 Å². The van der Waals surface area contributed by atoms with E-state index in [0.29, 0.717) is 4.90 Å². The summed E-state index contributed by atoms with van der Waals surface area (Å²) in [5.41, 5.74) is -0.219. The standard InChI is InChI=1S/C16H20N6O/c1-11-5-8-22(14(23)3-6-17)9-13(11)21(2)16-12-4-7-18-15(12)19-10-20-16/h4,7,10-11,13H,3,5,8-9H2,1-2H3,(H,18,19,20)/t11-,13+/m1/s1/i1D3,4D,5D2,7D,8D2,9D2,10D,11D. The minimum absolute atomic E-state index is 0.211. The molecular formula is C16H20N6O. The molecule has 0 radical (unpaired) electrons. The van der Waals surface area contributed by atoms with Crippen molar-refractivity contribution in [2.75, 3.05) is 24.9 Å². The number of H-pyrrole nitrogens is 1. The Hall–Kier alpha value is -2.62. The number of hydrogen-bond donors (Lipinski definition) is 1. The summed E-state index contributed by atoms with van der Waals surface area (Å²) in [6.07, 6.45) is -6.02. The van der Waals surface area contributed by atoms with Crippen LogP contribution in [0.25, 0.3) is 11.0 Å². The molecular weight excluding hydrogens is 292 g/mol. The summed E-state index contributed by atoms with van der Waals surface area (Å²) in [6.45, 7) is -10.9. The third kappa shape index (κ3) is 2.84. The minimum atomic E-state index is -3.76. The number of nitrogens with zero attached hydrogens (tertiary/aromatic N) is 5. The third-order valence-electron chi connectivity index (χ3n) is 3.17. The highest BCUT2D eigenvalue weighted by Gasteiger charge is 2.32. The number of hydrogen-bond acceptors (Lipinski definition) is 5. The number of likely N-dealkylation sites (N-methyl/N-ethyl adjacent to an activating group) is 1. The van der Waals surface area contributed by atoms with Crippen LogP contribution in [0.4, 0.5) is 5.82 Å². The molecule has 7 nitrogen and oxygen atoms in total. The molecule has 0 saturated carbocycles. The molecule has 2 aromatic heterocycles. The third-order valence-corrected chi connectivity index (χ3v) is 3.17. The Balaban J connectivity index is 2.44. The van der Waals surface area contributed by atoms with Crippen LogP contribution >= 0.6 is 0 Å². The molecule has 23 heavy (non-hydrogen) atoms. The Morgan fingerprint density at radius 1 is 1.78 bits per heavy atom. The highest BCUT2D eigenvalue weighted by Crippen LogP contribution is 2.28. The van der Waals surface area contributed by atoms with E-state index < -0.39 is 74.8 Å². The van der Waals surface area contributed by atoms with Crippen molar-refractivity contribution >= 4 is 22.8 Å². The Morgan fingerprint density at radius 2 is 2.65 bits per heavy atom. The van der Waals surface area contributed by atoms with Crippen molar-refractivity contribution in [3.05, 3.63) is 18.5 Å². The smallest absolute Gasteiger partial charge is 0.236 e. The number of rotatable bonds is 3. The molecule has 120 valence electrons. The number of likely N-dealkylation sites (tertiary alicyclic amines) is 1. The average Bonchev–Trinajstić information content (AvgIpc) is 2.98. The van der Waals surface area contributed by atoms with E-state index in [-0.39, 0.29) is 15.9 Å². The first kappa shape index (κ1) is 6.11. The Bertz CT molecular complexity index is 1270. The average molecular weight is 325 g/mol. The number of anilines is 1. The van der Waals surface area contributed by atoms with Crippen LogP contribution in [0.3, 0.4) is 0 Å². The molecule has 2 atom stereocenters. The fourth-order valence-electron chi connectivity index (χ4n) is 2.04. The number of aromatic nitrogens is 3. The van der Waals surface area contributed by atoms with Crippen LogP contribution in [0.2, 0.25) is 0 Å². The van der Waals surface area contributed by atoms with Gasteiger partial charge in [-0.2, -0.15) is 5.26 Å². The zero-order valence-corrected chi connectivity index (χ0v) is 11.9. The van der Waals surface area contributed by atoms with E-state index in [4.69, 9.17) is 23.1 Å². The first-order valence-corrected chi connectivity index (χ1v) is 6.46. The van der Waals surface area contributed by atoms with Crippen molar-refractivity contribution in [1.29, 1.82) is 5.26 Å². The molecule has 0 aliphatic carbocycles. The molecule has 7 heteroatoms. The fraction of sp³-hybridized carbons (Fsp3) is 0.500. The second kappa shape index (κ2) is 6.24. The summed E-state index contributed by atoms with van der Waals surface area (Å²) in [7, 11) is 0.985. The predicted octanol–water partition coefficient (Wildman–Crippen LogP) is 1.54. The number of piperidine rings is 1. The summed E-state index contributed by atoms with van der Waals surface area (Å²) in [4.78, 5) is 23.1. The Kier molecular flexibility index (Phi) is 1.66. The van der Waals surface area contributed by atoms with Gasteiger partial charge in [-0.15, -0.1) is 0 Å². The number of carbonyl (C=O) groups excluding carboxylic acids is 1. The summed E-state index contributed by atoms with van der Waals surface area (Å²) in [5, 5.41) is 8.68. The molecule has 1 fully saturated rings. The van der Waals surface area contributed by atoms with E-state index in [2.05, 4.69) is 15.0 Å². The maximum absolute atomic E-state index is 12.7. The van der Waals surface area contributed by atoms with E-state index in [0.717, 1.165) is 7.05 Å². The quantitative estimate of drug-likeness (QED) is 0.925. The number of carbonyl (C=O) groups is 1. The Morgan fingerprint density at radius 3 is 3.43 bits per heavy atom. The van der Waals surface area contributed by atoms with E-state index in [9.17, 15) is 4.79 Å². The van der Waals surface area contributed by atoms with Gasteiger partial charge in [0.05, 0.1) is 23.0 Å². The lowest BCUT2D eigenvalue weighted by Gasteiger charge is -2.42. The van der Waals surface area contributed by atoms with Crippen LogP contribution in [0, 0.1) is 17.2 Å². The van der Waals surface area contributed by atoms with Crippen molar-refractivity contribution in [2.45, 2.75) is 25.7 Å². The lowest BCUT2D eigenvalue weighted by molar-refractivity contribution is -0.131. The summed E-state index contributed by atoms with van der Waals surface area (Å²) in [6, 6.07) is -1.63. The van der Waals surface area contributed by atoms with Crippen molar-refractivity contribution in [3.8, 4) is 6.07 Å². The van der Waals surface area contributed by atoms with Gasteiger partial charge < -0.3 is 14.8 Å². The monoisotopic (exact) mass is 325 g/mol. The summed E-state index contributed by atoms with van der Waals surface area (Å²) >= 11 is 0. The van der Waals surface area contributed by atoms with E-state index in [1.165, 1.54) is 6.07 Å². The summed E-state index contributed by atoms with van der Waals surface area (Å²) < 4.78 is 107. The molecule has 0 bridgehead atoms. The molecule has 1 aliphatic rings. The van der Waals surface area contributed by atoms with Crippen LogP contribution in [0.5, 0.6) is 0 Å². The van der Waals surface area contributed by atoms with Gasteiger partial charge in [0.2, 0.25) is 5.91 Å². The minimum Gasteiger partial charge on any atom is -0.354 e. The number of amides is 1. The molecule has 0 unspecified atom stereocenters. The highest BCUT2D eigenvalue weighted by molar-refractivity contribution is 5.87. The van der Waals surface area contributed by atoms with E-state index >= 15 is 0 Å². The van der Waals surface area contributed by atoms with Gasteiger partial charge in [-0.3, -0.25) is 4.79 Å². The largest absolute Gasteiger partial charge is 0.354 e. The molecule has 1 N–H and O–H groups in total. The molecule has 1 saturated heterocycles. The predicted molar refractivity (Wildman–Crippen MR) is 86.7 cm³/mol. The maximum Gasteiger partial charge on any atom is 0.236 e. The first-order chi connectivity index (χ1) is 16.2. The van der Waals surface area contributed by atoms with Gasteiger partial charge in [0.1, 0.15) is 25.6 Å². The SMILES string of the molecule is [2H]c1nc(N(C)[C@H]2C([2H])([2H])N(C(=O)CC#N)C([2H])([2H])C([2H])([2H])[C@@]2([2H])C([2H])([2H])[2H])c2c([2H])c([2H])[nH]c2n1. The number of nitriles is 1. The molecule has 1 amide bonds. The lowest BCUT2D eigenvalue weighted by Crippen LogP contribution is -2.52. The van der Waals surface area contributed by atoms with Crippen LogP contribution in [-0.2, 0) is 4.79 Å². The van der Waals surface area contributed by atoms with Crippen LogP contribution < -0.4 is 4.90 Å². The van der Waals surface area contributed by atoms with Crippen molar-refractivity contribution in [3.63, 3.8) is 0 Å². The molecule has 3 rings (SSSR count). The second-order valence-corrected chi connectivity index (χ2v) is 4.60. The van der Waals surface area contributed by atoms with Gasteiger partial charge in [0, 0.05) is 37.2 Å². The first-order valence-electron chi connectivity index (χ1n) is 13.0. The molecule has 0 aromatic carbocycles. The zero-order chi connectivity index (χ0) is 27.8. The molecule has 1 aliphatic heterocycles. The van der Waals surface area contributed by atoms with Gasteiger partial charge in [-0.25, -0.2) is 9.97 Å². The molecule has 3 heterocycles. The van der Waals surface area contributed by atoms with Gasteiger partial charge >= 0.3 is 0 Å². The maximum atomic E-state index is 12.7. The normalized spacial score (nSPS) is 39.7. The van der Waals surface area contributed by atoms with Crippen molar-refractivity contribution in [1.82, 2.24) is 19.9 Å². The van der Waals surface area contributed by atoms with Gasteiger partial charge in [-0.05, 0) is 18.3 Å². The van der Waals surface area contributed by atoms with Gasteiger partial charge in [0.25, 0.3) is 0 Å². The zero-order valence-electron chi connectivity index (χ0n) is 24.9. The Labute approximate surface area is 153 Å². The lowest BCUT2D eigenvalue weighted by atomic mass is 9.92. The second-order valence-electron chi connectivity index (χ2n) is 4.60. The highest BCUT2D eigenvalue weighted by atomic mass is 16.2. The van der Waals surface area contributed by atoms with Gasteiger partial charge in [-0.1, -0.05) is 6.85 Å². The topological polar surface area (TPSA) is 88.9 Å². The molecule has 0 spiro atoms. The van der Waals surface area contributed by atoms with Crippen LogP contribution in [0.1, 0.15) is 37.5 Å². The van der Waals surface area contributed by atoms with Crippen LogP contribution in [0.15, 0.2) is 18.5 Å². The van der Waals surface area contributed by atoms with Crippen molar-refractivity contribution < 1.29 is 22.6 Å². The summed E-state index contributed by atoms with van der Waals surface area (Å²) in [5.74, 6) is -5.63. The van der Waals surface area contributed by atoms with E-state index in [1.807, 2.05) is 0 Å². The number of aromatic amines is 1. The molecule has 2 aromatic rings.